The van der Waals surface area contributed by atoms with Crippen LogP contribution in [0.3, 0.4) is 0 Å². The topological polar surface area (TPSA) is 130 Å². The van der Waals surface area contributed by atoms with Gasteiger partial charge in [0.1, 0.15) is 12.2 Å². The largest absolute Gasteiger partial charge is 0.523 e. The van der Waals surface area contributed by atoms with Crippen LogP contribution in [0.25, 0.3) is 0 Å². The van der Waals surface area contributed by atoms with Crippen molar-refractivity contribution in [3.05, 3.63) is 44.0 Å². The predicted octanol–water partition coefficient (Wildman–Crippen LogP) is 1.87. The Bertz CT molecular complexity index is 653. The molecule has 0 aromatic heterocycles. The van der Waals surface area contributed by atoms with E-state index in [2.05, 4.69) is 4.18 Å². The van der Waals surface area contributed by atoms with Gasteiger partial charge >= 0.3 is 15.6 Å². The lowest BCUT2D eigenvalue weighted by Gasteiger charge is -2.08. The van der Waals surface area contributed by atoms with Crippen LogP contribution in [-0.4, -0.2) is 23.8 Å². The number of hydrogen-bond acceptors (Lipinski definition) is 7. The van der Waals surface area contributed by atoms with E-state index < -0.39 is 49.0 Å². The number of rotatable bonds is 5. The van der Waals surface area contributed by atoms with Gasteiger partial charge in [0.05, 0.1) is 9.85 Å². The number of benzene rings is 1. The maximum absolute atomic E-state index is 12.1. The highest BCUT2D eigenvalue weighted by atomic mass is 32.2. The average molecular weight is 330 g/mol. The molecule has 0 aliphatic heterocycles. The summed E-state index contributed by atoms with van der Waals surface area (Å²) in [6.45, 7) is -1.49. The zero-order valence-electron chi connectivity index (χ0n) is 9.73. The molecule has 0 unspecified atom stereocenters. The first-order chi connectivity index (χ1) is 9.47. The van der Waals surface area contributed by atoms with Gasteiger partial charge in [-0.05, 0) is 6.07 Å². The van der Waals surface area contributed by atoms with E-state index in [9.17, 15) is 41.8 Å². The van der Waals surface area contributed by atoms with Gasteiger partial charge in [-0.1, -0.05) is 0 Å². The molecule has 0 atom stereocenters. The minimum Gasteiger partial charge on any atom is -0.258 e. The van der Waals surface area contributed by atoms with Crippen molar-refractivity contribution in [3.8, 4) is 0 Å². The van der Waals surface area contributed by atoms with Gasteiger partial charge in [-0.25, -0.2) is 0 Å². The van der Waals surface area contributed by atoms with Gasteiger partial charge in [-0.15, -0.1) is 0 Å². The number of nitro groups is 2. The lowest BCUT2D eigenvalue weighted by molar-refractivity contribution is -0.396. The first-order valence-corrected chi connectivity index (χ1v) is 6.24. The molecule has 0 spiro atoms. The van der Waals surface area contributed by atoms with E-state index in [-0.39, 0.29) is 0 Å². The fraction of sp³-hybridized carbons (Fsp3) is 0.250. The highest BCUT2D eigenvalue weighted by Gasteiger charge is 2.47. The van der Waals surface area contributed by atoms with Crippen LogP contribution in [0.15, 0.2) is 18.2 Å². The Balaban J connectivity index is 3.25. The summed E-state index contributed by atoms with van der Waals surface area (Å²) in [6.07, 6.45) is 0. The summed E-state index contributed by atoms with van der Waals surface area (Å²) in [6, 6.07) is 2.47. The number of nitrogens with zero attached hydrogens (tertiary/aromatic N) is 2. The van der Waals surface area contributed by atoms with Crippen LogP contribution < -0.4 is 0 Å². The molecule has 0 N–H and O–H groups in total. The van der Waals surface area contributed by atoms with Crippen LogP contribution in [0.1, 0.15) is 5.56 Å². The zero-order valence-corrected chi connectivity index (χ0v) is 10.5. The quantitative estimate of drug-likeness (QED) is 0.348. The third-order valence-electron chi connectivity index (χ3n) is 2.16. The molecular weight excluding hydrogens is 325 g/mol. The highest BCUT2D eigenvalue weighted by molar-refractivity contribution is 7.87. The monoisotopic (exact) mass is 330 g/mol. The smallest absolute Gasteiger partial charge is 0.258 e. The van der Waals surface area contributed by atoms with Crippen LogP contribution in [-0.2, 0) is 20.9 Å². The summed E-state index contributed by atoms with van der Waals surface area (Å²) in [7, 11) is -6.03. The molecule has 0 aliphatic carbocycles. The Labute approximate surface area is 114 Å². The molecule has 0 bridgehead atoms. The second-order valence-electron chi connectivity index (χ2n) is 3.45. The summed E-state index contributed by atoms with van der Waals surface area (Å²) in [5.41, 5.74) is -8.49. The van der Waals surface area contributed by atoms with Crippen LogP contribution >= 0.6 is 0 Å². The van der Waals surface area contributed by atoms with Gasteiger partial charge in [0, 0.05) is 12.1 Å². The third kappa shape index (κ3) is 3.63. The van der Waals surface area contributed by atoms with Gasteiger partial charge in [-0.3, -0.25) is 24.4 Å². The minimum absolute atomic E-state index is 0.770. The molecule has 0 saturated carbocycles. The van der Waals surface area contributed by atoms with Crippen molar-refractivity contribution in [1.29, 1.82) is 0 Å². The van der Waals surface area contributed by atoms with E-state index in [1.165, 1.54) is 0 Å². The Morgan fingerprint density at radius 2 is 1.52 bits per heavy atom. The highest BCUT2D eigenvalue weighted by Crippen LogP contribution is 2.31. The summed E-state index contributed by atoms with van der Waals surface area (Å²) >= 11 is 0. The molecule has 1 aromatic rings. The van der Waals surface area contributed by atoms with Crippen LogP contribution in [0.4, 0.5) is 24.5 Å². The van der Waals surface area contributed by atoms with Crippen molar-refractivity contribution >= 4 is 21.5 Å². The Morgan fingerprint density at radius 3 is 1.86 bits per heavy atom. The van der Waals surface area contributed by atoms with E-state index in [0.717, 1.165) is 18.2 Å². The molecule has 0 saturated heterocycles. The van der Waals surface area contributed by atoms with Crippen molar-refractivity contribution in [1.82, 2.24) is 0 Å². The molecule has 9 nitrogen and oxygen atoms in total. The molecule has 1 rings (SSSR count). The fourth-order valence-electron chi connectivity index (χ4n) is 1.26. The first-order valence-electron chi connectivity index (χ1n) is 4.83. The summed E-state index contributed by atoms with van der Waals surface area (Å²) in [5, 5.41) is 21.3. The standard InChI is InChI=1S/C8H5F3N2O7S/c9-8(10,11)21(18,19)20-4-5-6(12(14)15)2-1-3-7(5)13(16)17/h1-3H,4H2. The Morgan fingerprint density at radius 1 is 1.10 bits per heavy atom. The van der Waals surface area contributed by atoms with Crippen LogP contribution in [0, 0.1) is 20.2 Å². The van der Waals surface area contributed by atoms with Crippen molar-refractivity contribution in [2.75, 3.05) is 0 Å². The van der Waals surface area contributed by atoms with Crippen molar-refractivity contribution < 1.29 is 35.6 Å². The fourth-order valence-corrected chi connectivity index (χ4v) is 1.66. The van der Waals surface area contributed by atoms with Gasteiger partial charge in [0.2, 0.25) is 0 Å². The van der Waals surface area contributed by atoms with Crippen LogP contribution in [0.2, 0.25) is 0 Å². The van der Waals surface area contributed by atoms with Gasteiger partial charge in [-0.2, -0.15) is 21.6 Å². The molecule has 13 heteroatoms. The number of halogens is 3. The Hall–Kier alpha value is -2.28. The molecule has 0 heterocycles. The van der Waals surface area contributed by atoms with Crippen molar-refractivity contribution in [2.45, 2.75) is 12.1 Å². The van der Waals surface area contributed by atoms with Gasteiger partial charge < -0.3 is 0 Å². The second-order valence-corrected chi connectivity index (χ2v) is 5.06. The third-order valence-corrected chi connectivity index (χ3v) is 3.16. The van der Waals surface area contributed by atoms with E-state index in [4.69, 9.17) is 0 Å². The predicted molar refractivity (Wildman–Crippen MR) is 59.5 cm³/mol. The minimum atomic E-state index is -6.03. The van der Waals surface area contributed by atoms with Crippen molar-refractivity contribution in [2.24, 2.45) is 0 Å². The maximum atomic E-state index is 12.1. The van der Waals surface area contributed by atoms with Gasteiger partial charge in [0.25, 0.3) is 11.4 Å². The summed E-state index contributed by atoms with van der Waals surface area (Å²) in [5.74, 6) is 0. The number of alkyl halides is 3. The molecule has 0 amide bonds. The lowest BCUT2D eigenvalue weighted by Crippen LogP contribution is -2.25. The van der Waals surface area contributed by atoms with Gasteiger partial charge in [0.15, 0.2) is 0 Å². The second kappa shape index (κ2) is 5.61. The molecule has 1 aromatic carbocycles. The maximum Gasteiger partial charge on any atom is 0.523 e. The molecule has 116 valence electrons. The molecule has 0 fully saturated rings. The Kier molecular flexibility index (Phi) is 4.48. The summed E-state index contributed by atoms with van der Waals surface area (Å²) in [4.78, 5) is 19.1. The molecular formula is C8H5F3N2O7S. The normalized spacial score (nSPS) is 12.1. The van der Waals surface area contributed by atoms with E-state index in [1.807, 2.05) is 0 Å². The molecule has 0 radical (unpaired) electrons. The van der Waals surface area contributed by atoms with E-state index >= 15 is 0 Å². The average Bonchev–Trinajstić information content (AvgIpc) is 2.34. The molecule has 0 aliphatic rings. The zero-order chi connectivity index (χ0) is 16.4. The number of nitro benzene ring substituents is 2. The van der Waals surface area contributed by atoms with Crippen molar-refractivity contribution in [3.63, 3.8) is 0 Å². The van der Waals surface area contributed by atoms with Crippen LogP contribution in [0.5, 0.6) is 0 Å². The molecule has 21 heavy (non-hydrogen) atoms. The number of hydrogen-bond donors (Lipinski definition) is 0. The SMILES string of the molecule is O=[N+]([O-])c1cccc([N+](=O)[O-])c1COS(=O)(=O)C(F)(F)F. The summed E-state index contributed by atoms with van der Waals surface area (Å²) < 4.78 is 61.2. The van der Waals surface area contributed by atoms with E-state index in [0.29, 0.717) is 0 Å². The van der Waals surface area contributed by atoms with E-state index in [1.54, 1.807) is 0 Å². The lowest BCUT2D eigenvalue weighted by atomic mass is 10.1. The first kappa shape index (κ1) is 16.8.